The fraction of sp³-hybridized carbons (Fsp3) is 0.182. The van der Waals surface area contributed by atoms with Gasteiger partial charge in [-0.25, -0.2) is 0 Å². The first-order chi connectivity index (χ1) is 13.5. The van der Waals surface area contributed by atoms with Gasteiger partial charge in [0.05, 0.1) is 11.0 Å². The largest absolute Gasteiger partial charge is 0.483 e. The predicted octanol–water partition coefficient (Wildman–Crippen LogP) is 4.35. The van der Waals surface area contributed by atoms with Crippen LogP contribution in [-0.2, 0) is 9.59 Å². The van der Waals surface area contributed by atoms with Crippen LogP contribution in [0.1, 0.15) is 11.1 Å². The molecule has 144 valence electrons. The third-order valence-electron chi connectivity index (χ3n) is 4.38. The molecule has 0 atom stereocenters. The van der Waals surface area contributed by atoms with E-state index in [2.05, 4.69) is 26.6 Å². The molecule has 6 heteroatoms. The van der Waals surface area contributed by atoms with E-state index in [9.17, 15) is 9.59 Å². The monoisotopic (exact) mass is 440 g/mol. The van der Waals surface area contributed by atoms with E-state index in [1.165, 1.54) is 0 Å². The minimum Gasteiger partial charge on any atom is -0.483 e. The maximum Gasteiger partial charge on any atom is 0.258 e. The Kier molecular flexibility index (Phi) is 6.31. The Balaban J connectivity index is 1.52. The summed E-state index contributed by atoms with van der Waals surface area (Å²) in [5.74, 6) is -0.0665. The van der Waals surface area contributed by atoms with Crippen molar-refractivity contribution in [3.63, 3.8) is 0 Å². The molecule has 0 bridgehead atoms. The number of rotatable bonds is 6. The Labute approximate surface area is 172 Å². The summed E-state index contributed by atoms with van der Waals surface area (Å²) in [5, 5.41) is 7.50. The number of carbonyl (C=O) groups excluding carboxylic acids is 2. The molecule has 0 fully saturated rings. The second-order valence-corrected chi connectivity index (χ2v) is 7.27. The van der Waals surface area contributed by atoms with Gasteiger partial charge in [0, 0.05) is 5.69 Å². The van der Waals surface area contributed by atoms with Crippen LogP contribution in [0, 0.1) is 13.8 Å². The average Bonchev–Trinajstić information content (AvgIpc) is 2.69. The SMILES string of the molecule is Cc1cccc(C)c1NC(=O)CNC(=O)COc1ccc2ccccc2c1Br. The summed E-state index contributed by atoms with van der Waals surface area (Å²) in [7, 11) is 0. The second-order valence-electron chi connectivity index (χ2n) is 6.48. The van der Waals surface area contributed by atoms with Gasteiger partial charge in [0.1, 0.15) is 5.75 Å². The van der Waals surface area contributed by atoms with Crippen LogP contribution in [0.4, 0.5) is 5.69 Å². The van der Waals surface area contributed by atoms with E-state index in [0.29, 0.717) is 5.75 Å². The van der Waals surface area contributed by atoms with Gasteiger partial charge in [-0.05, 0) is 57.7 Å². The number of halogens is 1. The zero-order chi connectivity index (χ0) is 20.1. The number of para-hydroxylation sites is 1. The van der Waals surface area contributed by atoms with Crippen molar-refractivity contribution in [2.45, 2.75) is 13.8 Å². The van der Waals surface area contributed by atoms with Crippen molar-refractivity contribution in [1.82, 2.24) is 5.32 Å². The predicted molar refractivity (Wildman–Crippen MR) is 115 cm³/mol. The van der Waals surface area contributed by atoms with Gasteiger partial charge in [0.25, 0.3) is 5.91 Å². The molecule has 0 saturated carbocycles. The number of nitrogens with one attached hydrogen (secondary N) is 2. The van der Waals surface area contributed by atoms with Gasteiger partial charge >= 0.3 is 0 Å². The zero-order valence-corrected chi connectivity index (χ0v) is 17.3. The van der Waals surface area contributed by atoms with E-state index in [1.54, 1.807) is 0 Å². The highest BCUT2D eigenvalue weighted by Crippen LogP contribution is 2.32. The maximum absolute atomic E-state index is 12.1. The van der Waals surface area contributed by atoms with Gasteiger partial charge in [-0.2, -0.15) is 0 Å². The van der Waals surface area contributed by atoms with Crippen molar-refractivity contribution in [3.8, 4) is 5.75 Å². The van der Waals surface area contributed by atoms with Crippen LogP contribution in [0.2, 0.25) is 0 Å². The van der Waals surface area contributed by atoms with Crippen molar-refractivity contribution in [2.75, 3.05) is 18.5 Å². The molecule has 0 aromatic heterocycles. The van der Waals surface area contributed by atoms with E-state index in [0.717, 1.165) is 32.1 Å². The molecular formula is C22H21BrN2O3. The van der Waals surface area contributed by atoms with E-state index in [4.69, 9.17) is 4.74 Å². The number of hydrogen-bond acceptors (Lipinski definition) is 3. The van der Waals surface area contributed by atoms with Crippen molar-refractivity contribution in [3.05, 3.63) is 70.2 Å². The molecule has 0 aliphatic carbocycles. The molecule has 0 radical (unpaired) electrons. The van der Waals surface area contributed by atoms with Gasteiger partial charge in [0.2, 0.25) is 5.91 Å². The molecule has 3 aromatic rings. The Hall–Kier alpha value is -2.86. The Bertz CT molecular complexity index is 1010. The number of benzene rings is 3. The van der Waals surface area contributed by atoms with Crippen LogP contribution < -0.4 is 15.4 Å². The summed E-state index contributed by atoms with van der Waals surface area (Å²) < 4.78 is 6.40. The van der Waals surface area contributed by atoms with E-state index in [1.807, 2.05) is 68.4 Å². The number of hydrogen-bond donors (Lipinski definition) is 2. The highest BCUT2D eigenvalue weighted by atomic mass is 79.9. The number of amides is 2. The first kappa shape index (κ1) is 19.9. The van der Waals surface area contributed by atoms with E-state index in [-0.39, 0.29) is 25.0 Å². The lowest BCUT2D eigenvalue weighted by Crippen LogP contribution is -2.36. The van der Waals surface area contributed by atoms with Crippen molar-refractivity contribution in [2.24, 2.45) is 0 Å². The third kappa shape index (κ3) is 4.70. The summed E-state index contributed by atoms with van der Waals surface area (Å²) in [4.78, 5) is 24.2. The molecule has 3 aromatic carbocycles. The van der Waals surface area contributed by atoms with Crippen molar-refractivity contribution < 1.29 is 14.3 Å². The average molecular weight is 441 g/mol. The number of aryl methyl sites for hydroxylation is 2. The fourth-order valence-corrected chi connectivity index (χ4v) is 3.50. The summed E-state index contributed by atoms with van der Waals surface area (Å²) in [6.45, 7) is 3.56. The van der Waals surface area contributed by atoms with E-state index < -0.39 is 0 Å². The van der Waals surface area contributed by atoms with E-state index >= 15 is 0 Å². The van der Waals surface area contributed by atoms with Crippen LogP contribution in [0.25, 0.3) is 10.8 Å². The second kappa shape index (κ2) is 8.89. The van der Waals surface area contributed by atoms with Gasteiger partial charge in [0.15, 0.2) is 6.61 Å². The minimum atomic E-state index is -0.364. The normalized spacial score (nSPS) is 10.5. The zero-order valence-electron chi connectivity index (χ0n) is 15.7. The smallest absolute Gasteiger partial charge is 0.258 e. The first-order valence-electron chi connectivity index (χ1n) is 8.88. The molecule has 0 aliphatic rings. The van der Waals surface area contributed by atoms with Crippen molar-refractivity contribution in [1.29, 1.82) is 0 Å². The Morgan fingerprint density at radius 3 is 2.39 bits per heavy atom. The number of ether oxygens (including phenoxy) is 1. The molecule has 0 aliphatic heterocycles. The lowest BCUT2D eigenvalue weighted by Gasteiger charge is -2.13. The topological polar surface area (TPSA) is 67.4 Å². The molecule has 0 saturated heterocycles. The quantitative estimate of drug-likeness (QED) is 0.598. The van der Waals surface area contributed by atoms with Crippen LogP contribution in [0.15, 0.2) is 59.1 Å². The minimum absolute atomic E-state index is 0.116. The van der Waals surface area contributed by atoms with Crippen molar-refractivity contribution >= 4 is 44.2 Å². The Morgan fingerprint density at radius 1 is 0.929 bits per heavy atom. The first-order valence-corrected chi connectivity index (χ1v) is 9.68. The third-order valence-corrected chi connectivity index (χ3v) is 5.20. The lowest BCUT2D eigenvalue weighted by atomic mass is 10.1. The fourth-order valence-electron chi connectivity index (χ4n) is 2.89. The molecule has 2 N–H and O–H groups in total. The molecule has 5 nitrogen and oxygen atoms in total. The maximum atomic E-state index is 12.1. The van der Waals surface area contributed by atoms with Crippen LogP contribution >= 0.6 is 15.9 Å². The highest BCUT2D eigenvalue weighted by Gasteiger charge is 2.11. The molecule has 0 heterocycles. The highest BCUT2D eigenvalue weighted by molar-refractivity contribution is 9.10. The molecular weight excluding hydrogens is 420 g/mol. The number of anilines is 1. The molecule has 0 spiro atoms. The van der Waals surface area contributed by atoms with Crippen LogP contribution in [-0.4, -0.2) is 25.0 Å². The summed E-state index contributed by atoms with van der Waals surface area (Å²) in [5.41, 5.74) is 2.73. The van der Waals surface area contributed by atoms with Crippen LogP contribution in [0.3, 0.4) is 0 Å². The summed E-state index contributed by atoms with van der Waals surface area (Å²) in [6.07, 6.45) is 0. The lowest BCUT2D eigenvalue weighted by molar-refractivity contribution is -0.125. The van der Waals surface area contributed by atoms with Gasteiger partial charge in [-0.15, -0.1) is 0 Å². The van der Waals surface area contributed by atoms with Crippen LogP contribution in [0.5, 0.6) is 5.75 Å². The van der Waals surface area contributed by atoms with Gasteiger partial charge in [-0.3, -0.25) is 9.59 Å². The number of fused-ring (bicyclic) bond motifs is 1. The molecule has 2 amide bonds. The van der Waals surface area contributed by atoms with Gasteiger partial charge < -0.3 is 15.4 Å². The molecule has 28 heavy (non-hydrogen) atoms. The number of carbonyl (C=O) groups is 2. The Morgan fingerprint density at radius 2 is 1.64 bits per heavy atom. The molecule has 3 rings (SSSR count). The summed E-state index contributed by atoms with van der Waals surface area (Å²) in [6, 6.07) is 17.4. The summed E-state index contributed by atoms with van der Waals surface area (Å²) >= 11 is 3.52. The standard InChI is InChI=1S/C22H21BrN2O3/c1-14-6-5-7-15(2)22(14)25-19(26)12-24-20(27)13-28-18-11-10-16-8-3-4-9-17(16)21(18)23/h3-11H,12-13H2,1-2H3,(H,24,27)(H,25,26). The van der Waals surface area contributed by atoms with Gasteiger partial charge in [-0.1, -0.05) is 48.5 Å². The molecule has 0 unspecified atom stereocenters.